The van der Waals surface area contributed by atoms with Crippen LogP contribution in [-0.2, 0) is 11.0 Å². The van der Waals surface area contributed by atoms with Crippen LogP contribution in [0.4, 0.5) is 18.9 Å². The summed E-state index contributed by atoms with van der Waals surface area (Å²) in [6, 6.07) is 4.85. The Balaban J connectivity index is 1.99. The minimum absolute atomic E-state index is 0.0815. The van der Waals surface area contributed by atoms with E-state index in [2.05, 4.69) is 15.6 Å². The number of pyridine rings is 1. The standard InChI is InChI=1S/C17H18F3N3O/c1-10-8-14(23-13-4-2-3-7-21-16(13)24)12-6-5-11(17(18,19)20)9-15(12)22-10/h5-6,8-9,13H,2-4,7H2,1H3,(H,21,24)(H,22,23). The molecule has 0 spiro atoms. The number of amides is 1. The summed E-state index contributed by atoms with van der Waals surface area (Å²) in [4.78, 5) is 16.3. The lowest BCUT2D eigenvalue weighted by molar-refractivity contribution is -0.137. The lowest BCUT2D eigenvalue weighted by Gasteiger charge is -2.19. The molecule has 1 aliphatic rings. The van der Waals surface area contributed by atoms with Crippen LogP contribution in [0.5, 0.6) is 0 Å². The minimum Gasteiger partial charge on any atom is -0.373 e. The number of hydrogen-bond acceptors (Lipinski definition) is 3. The maximum Gasteiger partial charge on any atom is 0.416 e. The molecule has 3 rings (SSSR count). The molecule has 1 aromatic carbocycles. The van der Waals surface area contributed by atoms with E-state index in [1.54, 1.807) is 13.0 Å². The van der Waals surface area contributed by atoms with Crippen LogP contribution in [0.1, 0.15) is 30.5 Å². The van der Waals surface area contributed by atoms with E-state index in [-0.39, 0.29) is 17.5 Å². The van der Waals surface area contributed by atoms with Crippen molar-refractivity contribution >= 4 is 22.5 Å². The molecule has 24 heavy (non-hydrogen) atoms. The molecule has 1 fully saturated rings. The third kappa shape index (κ3) is 3.44. The first kappa shape index (κ1) is 16.5. The van der Waals surface area contributed by atoms with Gasteiger partial charge in [-0.15, -0.1) is 0 Å². The summed E-state index contributed by atoms with van der Waals surface area (Å²) in [6.45, 7) is 2.38. The van der Waals surface area contributed by atoms with Crippen LogP contribution < -0.4 is 10.6 Å². The highest BCUT2D eigenvalue weighted by Crippen LogP contribution is 2.33. The van der Waals surface area contributed by atoms with Gasteiger partial charge in [0.1, 0.15) is 6.04 Å². The molecule has 1 saturated heterocycles. The third-order valence-electron chi connectivity index (χ3n) is 4.13. The lowest BCUT2D eigenvalue weighted by atomic mass is 10.1. The van der Waals surface area contributed by atoms with E-state index >= 15 is 0 Å². The molecular weight excluding hydrogens is 319 g/mol. The summed E-state index contributed by atoms with van der Waals surface area (Å²) in [5.41, 5.74) is 0.763. The zero-order valence-electron chi connectivity index (χ0n) is 13.2. The highest BCUT2D eigenvalue weighted by atomic mass is 19.4. The number of nitrogens with zero attached hydrogens (tertiary/aromatic N) is 1. The first-order valence-corrected chi connectivity index (χ1v) is 7.87. The fraction of sp³-hybridized carbons (Fsp3) is 0.412. The number of hydrogen-bond donors (Lipinski definition) is 2. The molecular formula is C17H18F3N3O. The van der Waals surface area contributed by atoms with Crippen molar-refractivity contribution in [3.05, 3.63) is 35.5 Å². The Kier molecular flexibility index (Phi) is 4.34. The van der Waals surface area contributed by atoms with Gasteiger partial charge in [-0.05, 0) is 44.4 Å². The van der Waals surface area contributed by atoms with Crippen molar-refractivity contribution < 1.29 is 18.0 Å². The molecule has 2 N–H and O–H groups in total. The van der Waals surface area contributed by atoms with Crippen molar-refractivity contribution in [2.24, 2.45) is 0 Å². The van der Waals surface area contributed by atoms with E-state index < -0.39 is 11.7 Å². The first-order valence-electron chi connectivity index (χ1n) is 7.87. The van der Waals surface area contributed by atoms with E-state index in [4.69, 9.17) is 0 Å². The first-order chi connectivity index (χ1) is 11.3. The smallest absolute Gasteiger partial charge is 0.373 e. The summed E-state index contributed by atoms with van der Waals surface area (Å²) in [5, 5.41) is 6.59. The Morgan fingerprint density at radius 1 is 1.25 bits per heavy atom. The van der Waals surface area contributed by atoms with Crippen molar-refractivity contribution in [2.45, 2.75) is 38.4 Å². The number of benzene rings is 1. The number of carbonyl (C=O) groups is 1. The predicted molar refractivity (Wildman–Crippen MR) is 85.8 cm³/mol. The van der Waals surface area contributed by atoms with Crippen molar-refractivity contribution in [2.75, 3.05) is 11.9 Å². The fourth-order valence-corrected chi connectivity index (χ4v) is 2.92. The summed E-state index contributed by atoms with van der Waals surface area (Å²) >= 11 is 0. The molecule has 4 nitrogen and oxygen atoms in total. The number of anilines is 1. The van der Waals surface area contributed by atoms with Crippen molar-refractivity contribution in [1.29, 1.82) is 0 Å². The van der Waals surface area contributed by atoms with Gasteiger partial charge in [0.2, 0.25) is 5.91 Å². The maximum atomic E-state index is 12.9. The van der Waals surface area contributed by atoms with Gasteiger partial charge >= 0.3 is 6.18 Å². The number of nitrogens with one attached hydrogen (secondary N) is 2. The highest BCUT2D eigenvalue weighted by Gasteiger charge is 2.31. The van der Waals surface area contributed by atoms with Crippen molar-refractivity contribution in [3.63, 3.8) is 0 Å². The second-order valence-corrected chi connectivity index (χ2v) is 6.02. The average molecular weight is 337 g/mol. The number of halogens is 3. The highest BCUT2D eigenvalue weighted by molar-refractivity contribution is 5.94. The normalized spacial score (nSPS) is 19.0. The van der Waals surface area contributed by atoms with Crippen molar-refractivity contribution in [3.8, 4) is 0 Å². The van der Waals surface area contributed by atoms with Crippen molar-refractivity contribution in [1.82, 2.24) is 10.3 Å². The molecule has 1 aromatic heterocycles. The van der Waals surface area contributed by atoms with E-state index in [1.165, 1.54) is 6.07 Å². The summed E-state index contributed by atoms with van der Waals surface area (Å²) in [5.74, 6) is -0.0815. The molecule has 2 heterocycles. The second-order valence-electron chi connectivity index (χ2n) is 6.02. The van der Waals surface area contributed by atoms with Gasteiger partial charge in [-0.3, -0.25) is 9.78 Å². The number of carbonyl (C=O) groups excluding carboxylic acids is 1. The molecule has 0 aliphatic carbocycles. The number of rotatable bonds is 2. The van der Waals surface area contributed by atoms with Crippen LogP contribution in [0.3, 0.4) is 0 Å². The van der Waals surface area contributed by atoms with E-state index in [0.717, 1.165) is 25.0 Å². The molecule has 0 saturated carbocycles. The topological polar surface area (TPSA) is 54.0 Å². The van der Waals surface area contributed by atoms with E-state index in [9.17, 15) is 18.0 Å². The Morgan fingerprint density at radius 3 is 2.79 bits per heavy atom. The molecule has 1 amide bonds. The maximum absolute atomic E-state index is 12.9. The van der Waals surface area contributed by atoms with Gasteiger partial charge in [0, 0.05) is 23.3 Å². The number of aryl methyl sites for hydroxylation is 1. The van der Waals surface area contributed by atoms with Crippen LogP contribution >= 0.6 is 0 Å². The molecule has 128 valence electrons. The molecule has 1 atom stereocenters. The monoisotopic (exact) mass is 337 g/mol. The summed E-state index contributed by atoms with van der Waals surface area (Å²) in [7, 11) is 0. The largest absolute Gasteiger partial charge is 0.416 e. The minimum atomic E-state index is -4.41. The average Bonchev–Trinajstić information content (AvgIpc) is 2.70. The lowest BCUT2D eigenvalue weighted by Crippen LogP contribution is -2.37. The van der Waals surface area contributed by atoms with Gasteiger partial charge in [0.05, 0.1) is 11.1 Å². The predicted octanol–water partition coefficient (Wildman–Crippen LogP) is 3.64. The van der Waals surface area contributed by atoms with Crippen LogP contribution in [0.15, 0.2) is 24.3 Å². The molecule has 0 radical (unpaired) electrons. The van der Waals surface area contributed by atoms with Crippen LogP contribution in [0.2, 0.25) is 0 Å². The third-order valence-corrected chi connectivity index (χ3v) is 4.13. The fourth-order valence-electron chi connectivity index (χ4n) is 2.92. The Morgan fingerprint density at radius 2 is 2.04 bits per heavy atom. The zero-order chi connectivity index (χ0) is 17.3. The Bertz CT molecular complexity index is 774. The van der Waals surface area contributed by atoms with Gasteiger partial charge < -0.3 is 10.6 Å². The zero-order valence-corrected chi connectivity index (χ0v) is 13.2. The van der Waals surface area contributed by atoms with E-state index in [1.807, 2.05) is 0 Å². The Labute approximate surface area is 137 Å². The van der Waals surface area contributed by atoms with Gasteiger partial charge in [0.25, 0.3) is 0 Å². The SMILES string of the molecule is Cc1cc(NC2CCCCNC2=O)c2ccc(C(F)(F)F)cc2n1. The second kappa shape index (κ2) is 6.30. The summed E-state index contributed by atoms with van der Waals surface area (Å²) < 4.78 is 38.7. The number of aromatic nitrogens is 1. The molecule has 1 aliphatic heterocycles. The van der Waals surface area contributed by atoms with Crippen LogP contribution in [-0.4, -0.2) is 23.5 Å². The Hall–Kier alpha value is -2.31. The van der Waals surface area contributed by atoms with Gasteiger partial charge in [-0.25, -0.2) is 0 Å². The molecule has 1 unspecified atom stereocenters. The van der Waals surface area contributed by atoms with Gasteiger partial charge in [0.15, 0.2) is 0 Å². The molecule has 7 heteroatoms. The molecule has 2 aromatic rings. The van der Waals surface area contributed by atoms with Gasteiger partial charge in [-0.1, -0.05) is 6.07 Å². The van der Waals surface area contributed by atoms with E-state index in [0.29, 0.717) is 29.7 Å². The molecule has 0 bridgehead atoms. The quantitative estimate of drug-likeness (QED) is 0.880. The summed E-state index contributed by atoms with van der Waals surface area (Å²) in [6.07, 6.45) is -1.88. The number of fused-ring (bicyclic) bond motifs is 1. The van der Waals surface area contributed by atoms with Crippen LogP contribution in [0.25, 0.3) is 10.9 Å². The van der Waals surface area contributed by atoms with Crippen LogP contribution in [0, 0.1) is 6.92 Å². The number of alkyl halides is 3. The van der Waals surface area contributed by atoms with Gasteiger partial charge in [-0.2, -0.15) is 13.2 Å².